The first kappa shape index (κ1) is 15.5. The van der Waals surface area contributed by atoms with Gasteiger partial charge in [-0.05, 0) is 19.8 Å². The Morgan fingerprint density at radius 2 is 1.42 bits per heavy atom. The zero-order valence-corrected chi connectivity index (χ0v) is 11.6. The molecule has 0 aromatic heterocycles. The third kappa shape index (κ3) is 3.85. The average Bonchev–Trinajstić information content (AvgIpc) is 2.06. The van der Waals surface area contributed by atoms with E-state index in [9.17, 15) is 0 Å². The van der Waals surface area contributed by atoms with Gasteiger partial charge < -0.3 is 18.7 Å². The van der Waals surface area contributed by atoms with E-state index in [4.69, 9.17) is 0 Å². The molecule has 0 aromatic rings. The van der Waals surface area contributed by atoms with Crippen LogP contribution < -0.4 is 0 Å². The summed E-state index contributed by atoms with van der Waals surface area (Å²) in [6.07, 6.45) is 2.35. The molecule has 0 aliphatic rings. The normalized spacial score (nSPS) is 11.5. The predicted molar refractivity (Wildman–Crippen MR) is 51.3 cm³/mol. The van der Waals surface area contributed by atoms with Crippen LogP contribution in [0, 0.1) is 13.8 Å². The molecule has 0 unspecified atom stereocenters. The molecule has 0 fully saturated rings. The van der Waals surface area contributed by atoms with Gasteiger partial charge in [0, 0.05) is 38.2 Å². The summed E-state index contributed by atoms with van der Waals surface area (Å²) in [4.78, 5) is 2.33. The molecule has 2 heteroatoms. The Hall–Kier alpha value is 1.06. The van der Waals surface area contributed by atoms with E-state index in [2.05, 4.69) is 39.5 Å². The molecule has 0 aliphatic heterocycles. The van der Waals surface area contributed by atoms with E-state index in [-0.39, 0.29) is 32.7 Å². The third-order valence-electron chi connectivity index (χ3n) is 2.83. The Morgan fingerprint density at radius 3 is 1.50 bits per heavy atom. The standard InChI is InChI=1S/C10H21N.Y/c1-6-10(5,7-2)11(8-3)9-4;/h3-4,6-9H2,1-2,5H3;/q-2;. The number of rotatable bonds is 5. The molecule has 0 rings (SSSR count). The van der Waals surface area contributed by atoms with Crippen LogP contribution in [0.25, 0.3) is 0 Å². The van der Waals surface area contributed by atoms with Crippen molar-refractivity contribution in [3.8, 4) is 0 Å². The molecule has 0 bridgehead atoms. The SMILES string of the molecule is [CH2-]CN(C[CH2-])C(C)(CC)CC.[Y]. The van der Waals surface area contributed by atoms with Gasteiger partial charge in [0.1, 0.15) is 0 Å². The Morgan fingerprint density at radius 1 is 1.08 bits per heavy atom. The largest absolute Gasteiger partial charge is 0.358 e. The number of hydrogen-bond donors (Lipinski definition) is 0. The monoisotopic (exact) mass is 244 g/mol. The van der Waals surface area contributed by atoms with Crippen molar-refractivity contribution in [3.63, 3.8) is 0 Å². The average molecular weight is 244 g/mol. The maximum atomic E-state index is 3.90. The fraction of sp³-hybridized carbons (Fsp3) is 0.800. The van der Waals surface area contributed by atoms with Crippen LogP contribution in [0.3, 0.4) is 0 Å². The van der Waals surface area contributed by atoms with Gasteiger partial charge in [-0.3, -0.25) is 0 Å². The molecular formula is C10H21NY-2. The van der Waals surface area contributed by atoms with Crippen molar-refractivity contribution in [2.45, 2.75) is 39.2 Å². The molecule has 71 valence electrons. The molecule has 0 heterocycles. The first-order valence-electron chi connectivity index (χ1n) is 4.48. The minimum Gasteiger partial charge on any atom is -0.358 e. The van der Waals surface area contributed by atoms with E-state index >= 15 is 0 Å². The van der Waals surface area contributed by atoms with Gasteiger partial charge in [-0.1, -0.05) is 13.8 Å². The van der Waals surface area contributed by atoms with Crippen LogP contribution in [0.5, 0.6) is 0 Å². The van der Waals surface area contributed by atoms with E-state index < -0.39 is 0 Å². The zero-order valence-electron chi connectivity index (χ0n) is 8.77. The summed E-state index contributed by atoms with van der Waals surface area (Å²) in [5.41, 5.74) is 0.309. The van der Waals surface area contributed by atoms with Crippen molar-refractivity contribution in [1.82, 2.24) is 4.90 Å². The summed E-state index contributed by atoms with van der Waals surface area (Å²) >= 11 is 0. The summed E-state index contributed by atoms with van der Waals surface area (Å²) in [6.45, 7) is 16.3. The number of nitrogens with zero attached hydrogens (tertiary/aromatic N) is 1. The minimum atomic E-state index is 0. The minimum absolute atomic E-state index is 0. The molecule has 0 amide bonds. The van der Waals surface area contributed by atoms with Crippen molar-refractivity contribution in [1.29, 1.82) is 0 Å². The van der Waals surface area contributed by atoms with Crippen molar-refractivity contribution in [2.24, 2.45) is 0 Å². The van der Waals surface area contributed by atoms with Gasteiger partial charge in [-0.2, -0.15) is 0 Å². The van der Waals surface area contributed by atoms with E-state index in [1.165, 1.54) is 12.8 Å². The summed E-state index contributed by atoms with van der Waals surface area (Å²) < 4.78 is 0. The molecule has 0 aliphatic carbocycles. The quantitative estimate of drug-likeness (QED) is 0.672. The molecule has 0 N–H and O–H groups in total. The zero-order chi connectivity index (χ0) is 8.91. The summed E-state index contributed by atoms with van der Waals surface area (Å²) in [5.74, 6) is 0. The summed E-state index contributed by atoms with van der Waals surface area (Å²) in [7, 11) is 0. The molecular weight excluding hydrogens is 223 g/mol. The third-order valence-corrected chi connectivity index (χ3v) is 2.83. The summed E-state index contributed by atoms with van der Waals surface area (Å²) in [5, 5.41) is 0. The van der Waals surface area contributed by atoms with E-state index in [1.54, 1.807) is 0 Å². The van der Waals surface area contributed by atoms with E-state index in [0.717, 1.165) is 13.1 Å². The van der Waals surface area contributed by atoms with Crippen molar-refractivity contribution < 1.29 is 32.7 Å². The molecule has 0 atom stereocenters. The molecule has 0 spiro atoms. The fourth-order valence-corrected chi connectivity index (χ4v) is 1.35. The van der Waals surface area contributed by atoms with Crippen molar-refractivity contribution in [3.05, 3.63) is 13.8 Å². The Bertz CT molecular complexity index is 96.0. The van der Waals surface area contributed by atoms with Crippen LogP contribution in [0.4, 0.5) is 0 Å². The van der Waals surface area contributed by atoms with Gasteiger partial charge in [-0.15, -0.1) is 13.1 Å². The molecule has 12 heavy (non-hydrogen) atoms. The Labute approximate surface area is 103 Å². The van der Waals surface area contributed by atoms with Gasteiger partial charge in [0.25, 0.3) is 0 Å². The van der Waals surface area contributed by atoms with Gasteiger partial charge in [-0.25, -0.2) is 0 Å². The van der Waals surface area contributed by atoms with Crippen LogP contribution >= 0.6 is 0 Å². The maximum absolute atomic E-state index is 3.90. The maximum Gasteiger partial charge on any atom is 0.0124 e. The van der Waals surface area contributed by atoms with Gasteiger partial charge >= 0.3 is 0 Å². The van der Waals surface area contributed by atoms with Crippen LogP contribution in [0.2, 0.25) is 0 Å². The molecule has 0 saturated carbocycles. The Kier molecular flexibility index (Phi) is 9.66. The van der Waals surface area contributed by atoms with E-state index in [1.807, 2.05) is 0 Å². The van der Waals surface area contributed by atoms with E-state index in [0.29, 0.717) is 5.54 Å². The van der Waals surface area contributed by atoms with Crippen LogP contribution in [-0.4, -0.2) is 23.5 Å². The first-order chi connectivity index (χ1) is 5.14. The van der Waals surface area contributed by atoms with Gasteiger partial charge in [0.2, 0.25) is 0 Å². The van der Waals surface area contributed by atoms with Crippen molar-refractivity contribution in [2.75, 3.05) is 13.1 Å². The smallest absolute Gasteiger partial charge is 0.0124 e. The number of hydrogen-bond acceptors (Lipinski definition) is 1. The van der Waals surface area contributed by atoms with Crippen LogP contribution in [-0.2, 0) is 32.7 Å². The van der Waals surface area contributed by atoms with Crippen molar-refractivity contribution >= 4 is 0 Å². The van der Waals surface area contributed by atoms with Crippen LogP contribution in [0.1, 0.15) is 33.6 Å². The second kappa shape index (κ2) is 7.47. The molecule has 0 aromatic carbocycles. The topological polar surface area (TPSA) is 3.24 Å². The summed E-state index contributed by atoms with van der Waals surface area (Å²) in [6, 6.07) is 0. The van der Waals surface area contributed by atoms with Gasteiger partial charge in [0.05, 0.1) is 0 Å². The van der Waals surface area contributed by atoms with Gasteiger partial charge in [0.15, 0.2) is 0 Å². The predicted octanol–water partition coefficient (Wildman–Crippen LogP) is 2.53. The molecule has 1 radical (unpaired) electrons. The fourth-order valence-electron chi connectivity index (χ4n) is 1.35. The van der Waals surface area contributed by atoms with Crippen LogP contribution in [0.15, 0.2) is 0 Å². The first-order valence-corrected chi connectivity index (χ1v) is 4.48. The Balaban J connectivity index is 0. The molecule has 1 nitrogen and oxygen atoms in total. The second-order valence-corrected chi connectivity index (χ2v) is 3.19. The second-order valence-electron chi connectivity index (χ2n) is 3.19. The molecule has 0 saturated heterocycles.